The zero-order chi connectivity index (χ0) is 30.6. The molecule has 0 saturated heterocycles. The molecule has 12 nitrogen and oxygen atoms in total. The fourth-order valence-electron chi connectivity index (χ4n) is 4.92. The molecule has 43 heavy (non-hydrogen) atoms. The molecule has 2 heterocycles. The fourth-order valence-corrected chi connectivity index (χ4v) is 5.81. The molecule has 5 rings (SSSR count). The monoisotopic (exact) mass is 605 g/mol. The number of nitrogens with zero attached hydrogens (tertiary/aromatic N) is 5. The number of anilines is 2. The molecule has 226 valence electrons. The highest BCUT2D eigenvalue weighted by molar-refractivity contribution is 7.51. The van der Waals surface area contributed by atoms with E-state index in [2.05, 4.69) is 20.0 Å². The summed E-state index contributed by atoms with van der Waals surface area (Å²) in [5.41, 5.74) is 7.86. The van der Waals surface area contributed by atoms with Crippen molar-refractivity contribution >= 4 is 36.3 Å². The molecule has 2 aromatic heterocycles. The molecule has 0 aliphatic heterocycles. The van der Waals surface area contributed by atoms with E-state index in [1.165, 1.54) is 11.4 Å². The van der Waals surface area contributed by atoms with Crippen molar-refractivity contribution in [3.8, 4) is 0 Å². The largest absolute Gasteiger partial charge is 0.432 e. The van der Waals surface area contributed by atoms with Crippen LogP contribution in [0.15, 0.2) is 85.5 Å². The number of para-hydroxylation sites is 1. The fraction of sp³-hybridized carbons (Fsp3) is 0.333. The van der Waals surface area contributed by atoms with Gasteiger partial charge in [0.1, 0.15) is 17.9 Å². The standard InChI is InChI=1S/C30H36N7O5P/c1-30(2,3)42-37(23-12-8-5-9-13-23)25(17-21-10-6-4-7-11-21)29(38)35-43(39,40)41-18-22-14-15-24(16-22)36-20-34-26-27(31)32-19-33-28(26)36/h4-15,19-20,22,24-25H,16-18H2,1-3H3,(H2,31,32,33)(H2,35,38,39,40)/t22-,24+,25-/m0/s1. The number of imidazole rings is 1. The number of nitrogens with one attached hydrogen (secondary N) is 1. The maximum absolute atomic E-state index is 13.7. The lowest BCUT2D eigenvalue weighted by Gasteiger charge is -2.37. The van der Waals surface area contributed by atoms with Crippen LogP contribution in [0.3, 0.4) is 0 Å². The van der Waals surface area contributed by atoms with Crippen molar-refractivity contribution in [3.63, 3.8) is 0 Å². The third-order valence-corrected chi connectivity index (χ3v) is 7.85. The van der Waals surface area contributed by atoms with E-state index in [9.17, 15) is 14.3 Å². The van der Waals surface area contributed by atoms with Crippen molar-refractivity contribution in [1.29, 1.82) is 0 Å². The Labute approximate surface area is 250 Å². The van der Waals surface area contributed by atoms with Crippen molar-refractivity contribution in [2.75, 3.05) is 17.4 Å². The summed E-state index contributed by atoms with van der Waals surface area (Å²) in [6, 6.07) is 17.5. The number of rotatable bonds is 11. The van der Waals surface area contributed by atoms with Gasteiger partial charge in [0.05, 0.1) is 30.3 Å². The van der Waals surface area contributed by atoms with Crippen LogP contribution in [0.1, 0.15) is 38.8 Å². The van der Waals surface area contributed by atoms with Crippen molar-refractivity contribution in [3.05, 3.63) is 91.0 Å². The summed E-state index contributed by atoms with van der Waals surface area (Å²) in [5.74, 6) is -0.583. The Morgan fingerprint density at radius 2 is 1.81 bits per heavy atom. The van der Waals surface area contributed by atoms with Crippen LogP contribution in [0.2, 0.25) is 0 Å². The van der Waals surface area contributed by atoms with Gasteiger partial charge in [-0.15, -0.1) is 0 Å². The van der Waals surface area contributed by atoms with Crippen LogP contribution in [0, 0.1) is 5.92 Å². The lowest BCUT2D eigenvalue weighted by Crippen LogP contribution is -2.50. The number of benzene rings is 2. The van der Waals surface area contributed by atoms with Crippen LogP contribution < -0.4 is 15.9 Å². The van der Waals surface area contributed by atoms with Crippen LogP contribution >= 0.6 is 7.75 Å². The Bertz CT molecular complexity index is 1620. The average molecular weight is 606 g/mol. The SMILES string of the molecule is CC(C)(C)ON(c1ccccc1)[C@@H](Cc1ccccc1)C(=O)NP(=O)(O)OC[C@H]1C=C[C@@H](n2cnc3c(N)ncnc32)C1. The van der Waals surface area contributed by atoms with Crippen LogP contribution in [-0.4, -0.2) is 48.6 Å². The topological polar surface area (TPSA) is 158 Å². The van der Waals surface area contributed by atoms with Crippen LogP contribution in [0.5, 0.6) is 0 Å². The van der Waals surface area contributed by atoms with Gasteiger partial charge in [-0.3, -0.25) is 19.2 Å². The van der Waals surface area contributed by atoms with E-state index in [-0.39, 0.29) is 25.0 Å². The number of allylic oxidation sites excluding steroid dienone is 1. The zero-order valence-corrected chi connectivity index (χ0v) is 25.2. The molecule has 0 radical (unpaired) electrons. The number of nitrogen functional groups attached to an aromatic ring is 1. The Hall–Kier alpha value is -4.09. The van der Waals surface area contributed by atoms with Gasteiger partial charge in [0.25, 0.3) is 5.91 Å². The molecule has 1 unspecified atom stereocenters. The molecule has 1 amide bonds. The lowest BCUT2D eigenvalue weighted by molar-refractivity contribution is -0.125. The second-order valence-corrected chi connectivity index (χ2v) is 12.9. The Morgan fingerprint density at radius 1 is 1.12 bits per heavy atom. The maximum atomic E-state index is 13.7. The number of hydroxylamine groups is 1. The summed E-state index contributed by atoms with van der Waals surface area (Å²) in [6.45, 7) is 5.54. The molecule has 0 spiro atoms. The third-order valence-electron chi connectivity index (χ3n) is 6.85. The minimum Gasteiger partial charge on any atom is -0.382 e. The van der Waals surface area contributed by atoms with E-state index in [1.807, 2.05) is 98.2 Å². The molecule has 2 aromatic carbocycles. The molecule has 4 N–H and O–H groups in total. The zero-order valence-electron chi connectivity index (χ0n) is 24.3. The lowest BCUT2D eigenvalue weighted by atomic mass is 10.0. The quantitative estimate of drug-likeness (QED) is 0.125. The number of carbonyl (C=O) groups is 1. The van der Waals surface area contributed by atoms with Gasteiger partial charge in [0.2, 0.25) is 0 Å². The summed E-state index contributed by atoms with van der Waals surface area (Å²) in [4.78, 5) is 43.3. The first-order chi connectivity index (χ1) is 20.5. The predicted molar refractivity (Wildman–Crippen MR) is 164 cm³/mol. The van der Waals surface area contributed by atoms with Crippen LogP contribution in [0.25, 0.3) is 11.2 Å². The van der Waals surface area contributed by atoms with Crippen molar-refractivity contribution in [2.45, 2.75) is 51.3 Å². The first-order valence-corrected chi connectivity index (χ1v) is 15.5. The van der Waals surface area contributed by atoms with E-state index >= 15 is 0 Å². The number of nitrogens with two attached hydrogens (primary N) is 1. The van der Waals surface area contributed by atoms with Crippen LogP contribution in [-0.2, 0) is 25.1 Å². The molecule has 1 aliphatic carbocycles. The highest BCUT2D eigenvalue weighted by Crippen LogP contribution is 2.40. The van der Waals surface area contributed by atoms with Gasteiger partial charge in [-0.05, 0) is 44.9 Å². The predicted octanol–water partition coefficient (Wildman–Crippen LogP) is 4.61. The molecule has 1 aliphatic rings. The molecule has 0 saturated carbocycles. The number of carbonyl (C=O) groups excluding carboxylic acids is 1. The van der Waals surface area contributed by atoms with Gasteiger partial charge < -0.3 is 15.2 Å². The average Bonchev–Trinajstić information content (AvgIpc) is 3.62. The van der Waals surface area contributed by atoms with Crippen molar-refractivity contribution < 1.29 is 23.6 Å². The van der Waals surface area contributed by atoms with Gasteiger partial charge in [-0.2, -0.15) is 0 Å². The Kier molecular flexibility index (Phi) is 8.93. The molecular weight excluding hydrogens is 569 g/mol. The Balaban J connectivity index is 1.28. The van der Waals surface area contributed by atoms with Gasteiger partial charge >= 0.3 is 7.75 Å². The highest BCUT2D eigenvalue weighted by atomic mass is 31.2. The van der Waals surface area contributed by atoms with Gasteiger partial charge in [0, 0.05) is 12.3 Å². The number of amides is 1. The summed E-state index contributed by atoms with van der Waals surface area (Å²) in [6.07, 6.45) is 7.71. The summed E-state index contributed by atoms with van der Waals surface area (Å²) < 4.78 is 20.5. The van der Waals surface area contributed by atoms with E-state index in [0.717, 1.165) is 5.56 Å². The first-order valence-electron chi connectivity index (χ1n) is 14.0. The molecular formula is C30H36N7O5P. The van der Waals surface area contributed by atoms with E-state index in [1.54, 1.807) is 6.33 Å². The van der Waals surface area contributed by atoms with Gasteiger partial charge in [-0.1, -0.05) is 60.7 Å². The third kappa shape index (κ3) is 7.66. The van der Waals surface area contributed by atoms with E-state index < -0.39 is 25.3 Å². The molecule has 4 aromatic rings. The van der Waals surface area contributed by atoms with Gasteiger partial charge in [0.15, 0.2) is 11.5 Å². The van der Waals surface area contributed by atoms with Gasteiger partial charge in [-0.25, -0.2) is 24.6 Å². The second-order valence-electron chi connectivity index (χ2n) is 11.4. The normalized spacial score (nSPS) is 18.8. The minimum absolute atomic E-state index is 0.0744. The Morgan fingerprint density at radius 3 is 2.51 bits per heavy atom. The summed E-state index contributed by atoms with van der Waals surface area (Å²) in [7, 11) is -4.54. The number of hydrogen-bond acceptors (Lipinski definition) is 9. The number of fused-ring (bicyclic) bond motifs is 1. The minimum atomic E-state index is -4.54. The first kappa shape index (κ1) is 30.4. The molecule has 0 fully saturated rings. The van der Waals surface area contributed by atoms with Crippen molar-refractivity contribution in [2.24, 2.45) is 5.92 Å². The summed E-state index contributed by atoms with van der Waals surface area (Å²) in [5, 5.41) is 3.76. The van der Waals surface area contributed by atoms with E-state index in [0.29, 0.717) is 29.1 Å². The number of aromatic nitrogens is 4. The van der Waals surface area contributed by atoms with Crippen LogP contribution in [0.4, 0.5) is 11.5 Å². The molecule has 13 heteroatoms. The summed E-state index contributed by atoms with van der Waals surface area (Å²) >= 11 is 0. The second kappa shape index (κ2) is 12.6. The number of hydrogen-bond donors (Lipinski definition) is 3. The maximum Gasteiger partial charge on any atom is 0.432 e. The van der Waals surface area contributed by atoms with E-state index in [4.69, 9.17) is 15.1 Å². The smallest absolute Gasteiger partial charge is 0.382 e. The highest BCUT2D eigenvalue weighted by Gasteiger charge is 2.36. The molecule has 0 bridgehead atoms. The molecule has 4 atom stereocenters. The van der Waals surface area contributed by atoms with Crippen molar-refractivity contribution in [1.82, 2.24) is 24.6 Å².